The van der Waals surface area contributed by atoms with E-state index in [1.54, 1.807) is 0 Å². The molecule has 58 heavy (non-hydrogen) atoms. The number of anilines is 3. The van der Waals surface area contributed by atoms with Gasteiger partial charge < -0.3 is 9.32 Å². The van der Waals surface area contributed by atoms with Gasteiger partial charge in [0.25, 0.3) is 0 Å². The van der Waals surface area contributed by atoms with Crippen molar-refractivity contribution in [3.63, 3.8) is 0 Å². The quantitative estimate of drug-likeness (QED) is 0.168. The lowest BCUT2D eigenvalue weighted by molar-refractivity contribution is 0.669. The minimum atomic E-state index is -0.477. The highest BCUT2D eigenvalue weighted by molar-refractivity contribution is 7.26. The number of thiophene rings is 1. The third kappa shape index (κ3) is 4.84. The Balaban J connectivity index is 1.01. The first-order valence-electron chi connectivity index (χ1n) is 19.8. The van der Waals surface area contributed by atoms with Crippen molar-refractivity contribution in [3.8, 4) is 22.3 Å². The smallest absolute Gasteiger partial charge is 0.136 e. The van der Waals surface area contributed by atoms with E-state index in [9.17, 15) is 0 Å². The molecule has 0 unspecified atom stereocenters. The molecule has 0 spiro atoms. The van der Waals surface area contributed by atoms with E-state index in [2.05, 4.69) is 211 Å². The average Bonchev–Trinajstić information content (AvgIpc) is 3.95. The molecule has 12 rings (SSSR count). The fourth-order valence-corrected chi connectivity index (χ4v) is 10.8. The summed E-state index contributed by atoms with van der Waals surface area (Å²) >= 11 is 1.85. The van der Waals surface area contributed by atoms with Crippen LogP contribution in [0, 0.1) is 0 Å². The predicted octanol–water partition coefficient (Wildman–Crippen LogP) is 15.5. The molecule has 2 nitrogen and oxygen atoms in total. The van der Waals surface area contributed by atoms with Gasteiger partial charge in [0.2, 0.25) is 0 Å². The second kappa shape index (κ2) is 12.9. The molecule has 2 aromatic heterocycles. The van der Waals surface area contributed by atoms with Crippen LogP contribution in [0.25, 0.3) is 64.4 Å². The van der Waals surface area contributed by atoms with E-state index in [4.69, 9.17) is 4.42 Å². The normalized spacial score (nSPS) is 13.0. The van der Waals surface area contributed by atoms with Crippen molar-refractivity contribution in [2.45, 2.75) is 5.41 Å². The van der Waals surface area contributed by atoms with Crippen LogP contribution in [0.2, 0.25) is 0 Å². The number of para-hydroxylation sites is 2. The SMILES string of the molecule is c1ccc(N(c2ccc(-c3ccc4sc5ccc6oc7ccccc7c6c5c4c3)cc2)c2ccc3c(c2)C(c2ccccc2)(c2ccccc2)c2ccccc2-3)cc1. The van der Waals surface area contributed by atoms with Crippen LogP contribution in [0.3, 0.4) is 0 Å². The van der Waals surface area contributed by atoms with Crippen molar-refractivity contribution < 1.29 is 4.42 Å². The minimum Gasteiger partial charge on any atom is -0.456 e. The molecule has 272 valence electrons. The maximum Gasteiger partial charge on any atom is 0.136 e. The lowest BCUT2D eigenvalue weighted by Crippen LogP contribution is -2.28. The van der Waals surface area contributed by atoms with Crippen LogP contribution in [0.15, 0.2) is 217 Å². The third-order valence-electron chi connectivity index (χ3n) is 12.1. The molecule has 0 amide bonds. The molecule has 9 aromatic carbocycles. The summed E-state index contributed by atoms with van der Waals surface area (Å²) < 4.78 is 8.86. The molecule has 2 heterocycles. The lowest BCUT2D eigenvalue weighted by Gasteiger charge is -2.35. The molecule has 1 aliphatic rings. The van der Waals surface area contributed by atoms with E-state index in [0.717, 1.165) is 28.2 Å². The van der Waals surface area contributed by atoms with E-state index in [-0.39, 0.29) is 0 Å². The summed E-state index contributed by atoms with van der Waals surface area (Å²) in [5, 5.41) is 4.91. The van der Waals surface area contributed by atoms with Gasteiger partial charge in [0.05, 0.1) is 5.41 Å². The Hall–Kier alpha value is -7.20. The lowest BCUT2D eigenvalue weighted by atomic mass is 9.67. The monoisotopic (exact) mass is 757 g/mol. The Labute approximate surface area is 340 Å². The summed E-state index contributed by atoms with van der Waals surface area (Å²) in [4.78, 5) is 2.39. The number of fused-ring (bicyclic) bond motifs is 10. The fourth-order valence-electron chi connectivity index (χ4n) is 9.66. The Morgan fingerprint density at radius 2 is 0.983 bits per heavy atom. The number of hydrogen-bond donors (Lipinski definition) is 0. The molecule has 0 radical (unpaired) electrons. The Kier molecular flexibility index (Phi) is 7.35. The van der Waals surface area contributed by atoms with Crippen LogP contribution < -0.4 is 4.90 Å². The third-order valence-corrected chi connectivity index (χ3v) is 13.3. The van der Waals surface area contributed by atoms with Crippen LogP contribution >= 0.6 is 11.3 Å². The van der Waals surface area contributed by atoms with E-state index < -0.39 is 5.41 Å². The summed E-state index contributed by atoms with van der Waals surface area (Å²) in [5.41, 5.74) is 14.8. The highest BCUT2D eigenvalue weighted by Gasteiger charge is 2.46. The summed E-state index contributed by atoms with van der Waals surface area (Å²) in [6.07, 6.45) is 0. The maximum absolute atomic E-state index is 6.30. The predicted molar refractivity (Wildman–Crippen MR) is 244 cm³/mol. The Morgan fingerprint density at radius 3 is 1.76 bits per heavy atom. The van der Waals surface area contributed by atoms with Crippen molar-refractivity contribution in [2.75, 3.05) is 4.90 Å². The molecule has 3 heteroatoms. The second-order valence-electron chi connectivity index (χ2n) is 15.2. The van der Waals surface area contributed by atoms with E-state index in [0.29, 0.717) is 0 Å². The van der Waals surface area contributed by atoms with Crippen LogP contribution in [0.5, 0.6) is 0 Å². The Bertz CT molecular complexity index is 3290. The number of nitrogens with zero attached hydrogens (tertiary/aromatic N) is 1. The summed E-state index contributed by atoms with van der Waals surface area (Å²) in [6, 6.07) is 77.5. The molecule has 0 bridgehead atoms. The molecule has 0 atom stereocenters. The summed E-state index contributed by atoms with van der Waals surface area (Å²) in [6.45, 7) is 0. The number of rotatable bonds is 6. The van der Waals surface area contributed by atoms with Gasteiger partial charge in [-0.3, -0.25) is 0 Å². The average molecular weight is 758 g/mol. The highest BCUT2D eigenvalue weighted by Crippen LogP contribution is 2.57. The second-order valence-corrected chi connectivity index (χ2v) is 16.3. The molecule has 0 N–H and O–H groups in total. The van der Waals surface area contributed by atoms with Gasteiger partial charge in [-0.2, -0.15) is 0 Å². The van der Waals surface area contributed by atoms with Crippen LogP contribution in [0.1, 0.15) is 22.3 Å². The van der Waals surface area contributed by atoms with Gasteiger partial charge in [-0.05, 0) is 111 Å². The van der Waals surface area contributed by atoms with Crippen molar-refractivity contribution >= 4 is 70.5 Å². The molecule has 11 aromatic rings. The van der Waals surface area contributed by atoms with Gasteiger partial charge in [-0.1, -0.05) is 146 Å². The molecule has 1 aliphatic carbocycles. The van der Waals surface area contributed by atoms with Crippen molar-refractivity contribution in [1.82, 2.24) is 0 Å². The topological polar surface area (TPSA) is 16.4 Å². The zero-order valence-electron chi connectivity index (χ0n) is 31.5. The van der Waals surface area contributed by atoms with Crippen LogP contribution in [0.4, 0.5) is 17.1 Å². The zero-order valence-corrected chi connectivity index (χ0v) is 32.3. The molecular weight excluding hydrogens is 723 g/mol. The maximum atomic E-state index is 6.30. The zero-order chi connectivity index (χ0) is 38.2. The van der Waals surface area contributed by atoms with Gasteiger partial charge in [-0.15, -0.1) is 11.3 Å². The number of hydrogen-bond acceptors (Lipinski definition) is 3. The first-order chi connectivity index (χ1) is 28.8. The van der Waals surface area contributed by atoms with Gasteiger partial charge in [0, 0.05) is 48.0 Å². The summed E-state index contributed by atoms with van der Waals surface area (Å²) in [5.74, 6) is 0. The summed E-state index contributed by atoms with van der Waals surface area (Å²) in [7, 11) is 0. The first-order valence-corrected chi connectivity index (χ1v) is 20.6. The standard InChI is InChI=1S/C55H35NOS/c1-4-14-38(15-5-1)55(39-16-6-2-7-17-39)47-22-12-10-20-43(47)44-30-29-42(35-48(44)55)56(40-18-8-3-9-19-40)41-27-24-36(25-28-41)37-26-32-51-46(34-37)54-52(58-51)33-31-50-53(54)45-21-11-13-23-49(45)57-50/h1-35H. The fraction of sp³-hybridized carbons (Fsp3) is 0.0182. The van der Waals surface area contributed by atoms with Gasteiger partial charge in [-0.25, -0.2) is 0 Å². The van der Waals surface area contributed by atoms with Gasteiger partial charge in [0.1, 0.15) is 11.2 Å². The van der Waals surface area contributed by atoms with E-state index >= 15 is 0 Å². The van der Waals surface area contributed by atoms with Crippen molar-refractivity contribution in [2.24, 2.45) is 0 Å². The van der Waals surface area contributed by atoms with Gasteiger partial charge >= 0.3 is 0 Å². The van der Waals surface area contributed by atoms with Crippen LogP contribution in [-0.2, 0) is 5.41 Å². The van der Waals surface area contributed by atoms with Crippen molar-refractivity contribution in [3.05, 3.63) is 235 Å². The largest absolute Gasteiger partial charge is 0.456 e. The molecule has 0 fully saturated rings. The van der Waals surface area contributed by atoms with E-state index in [1.807, 2.05) is 17.4 Å². The number of furan rings is 1. The number of benzene rings is 9. The molecular formula is C55H35NOS. The van der Waals surface area contributed by atoms with Gasteiger partial charge in [0.15, 0.2) is 0 Å². The minimum absolute atomic E-state index is 0.477. The van der Waals surface area contributed by atoms with Crippen LogP contribution in [-0.4, -0.2) is 0 Å². The van der Waals surface area contributed by atoms with E-state index in [1.165, 1.54) is 75.5 Å². The van der Waals surface area contributed by atoms with Crippen molar-refractivity contribution in [1.29, 1.82) is 0 Å². The Morgan fingerprint density at radius 1 is 0.379 bits per heavy atom. The molecule has 0 aliphatic heterocycles. The highest BCUT2D eigenvalue weighted by atomic mass is 32.1. The first kappa shape index (κ1) is 33.0. The molecule has 0 saturated heterocycles. The molecule has 0 saturated carbocycles.